The number of carbonyl (C=O) groups excluding carboxylic acids is 1. The molecule has 5 heterocycles. The van der Waals surface area contributed by atoms with Crippen LogP contribution in [0.5, 0.6) is 0 Å². The highest BCUT2D eigenvalue weighted by molar-refractivity contribution is 7.15. The highest BCUT2D eigenvalue weighted by Crippen LogP contribution is 2.27. The van der Waals surface area contributed by atoms with E-state index in [4.69, 9.17) is 0 Å². The first kappa shape index (κ1) is 15.5. The maximum absolute atomic E-state index is 12.6. The van der Waals surface area contributed by atoms with Gasteiger partial charge in [-0.1, -0.05) is 6.07 Å². The van der Waals surface area contributed by atoms with Crippen LogP contribution >= 0.6 is 11.3 Å². The van der Waals surface area contributed by atoms with Gasteiger partial charge >= 0.3 is 0 Å². The molecule has 0 bridgehead atoms. The van der Waals surface area contributed by atoms with E-state index in [1.54, 1.807) is 11.3 Å². The van der Waals surface area contributed by atoms with Crippen LogP contribution in [0.4, 0.5) is 0 Å². The van der Waals surface area contributed by atoms with Gasteiger partial charge in [0.2, 0.25) is 5.91 Å². The molecule has 26 heavy (non-hydrogen) atoms. The molecule has 1 amide bonds. The van der Waals surface area contributed by atoms with Crippen LogP contribution in [-0.4, -0.2) is 47.9 Å². The van der Waals surface area contributed by atoms with E-state index < -0.39 is 0 Å². The lowest BCUT2D eigenvalue weighted by Gasteiger charge is -2.31. The molecule has 0 N–H and O–H groups in total. The first-order valence-corrected chi connectivity index (χ1v) is 9.64. The summed E-state index contributed by atoms with van der Waals surface area (Å²) in [6, 6.07) is 5.92. The van der Waals surface area contributed by atoms with E-state index in [0.717, 1.165) is 48.1 Å². The third-order valence-corrected chi connectivity index (χ3v) is 5.80. The first-order valence-electron chi connectivity index (χ1n) is 8.76. The van der Waals surface area contributed by atoms with Crippen molar-refractivity contribution in [3.8, 4) is 0 Å². The molecule has 0 aliphatic carbocycles. The minimum absolute atomic E-state index is 0.153. The van der Waals surface area contributed by atoms with Crippen molar-refractivity contribution in [2.45, 2.75) is 25.2 Å². The second-order valence-electron chi connectivity index (χ2n) is 6.64. The Morgan fingerprint density at radius 3 is 2.92 bits per heavy atom. The van der Waals surface area contributed by atoms with Crippen molar-refractivity contribution in [1.82, 2.24) is 28.9 Å². The van der Waals surface area contributed by atoms with Crippen LogP contribution < -0.4 is 0 Å². The van der Waals surface area contributed by atoms with Crippen LogP contribution in [0.1, 0.15) is 30.3 Å². The zero-order valence-electron chi connectivity index (χ0n) is 14.2. The fourth-order valence-electron chi connectivity index (χ4n) is 3.65. The number of nitrogens with zero attached hydrogens (tertiary/aromatic N) is 6. The summed E-state index contributed by atoms with van der Waals surface area (Å²) in [4.78, 5) is 20.0. The normalized spacial score (nSPS) is 15.9. The molecule has 5 rings (SSSR count). The third-order valence-electron chi connectivity index (χ3n) is 5.03. The molecule has 0 radical (unpaired) electrons. The fraction of sp³-hybridized carbons (Fsp3) is 0.333. The first-order chi connectivity index (χ1) is 12.8. The van der Waals surface area contributed by atoms with Crippen LogP contribution in [-0.2, 0) is 11.2 Å². The van der Waals surface area contributed by atoms with E-state index in [-0.39, 0.29) is 5.91 Å². The average Bonchev–Trinajstić information content (AvgIpc) is 3.36. The van der Waals surface area contributed by atoms with Gasteiger partial charge in [0.05, 0.1) is 12.1 Å². The predicted octanol–water partition coefficient (Wildman–Crippen LogP) is 2.39. The number of hydrogen-bond acceptors (Lipinski definition) is 5. The molecule has 132 valence electrons. The van der Waals surface area contributed by atoms with E-state index in [2.05, 4.69) is 19.6 Å². The van der Waals surface area contributed by atoms with Gasteiger partial charge in [0.15, 0.2) is 10.6 Å². The van der Waals surface area contributed by atoms with Crippen LogP contribution in [0.15, 0.2) is 42.2 Å². The summed E-state index contributed by atoms with van der Waals surface area (Å²) in [6.45, 7) is 1.51. The van der Waals surface area contributed by atoms with Gasteiger partial charge in [-0.05, 0) is 25.0 Å². The van der Waals surface area contributed by atoms with Crippen molar-refractivity contribution in [3.05, 3.63) is 53.7 Å². The van der Waals surface area contributed by atoms with Crippen molar-refractivity contribution in [3.63, 3.8) is 0 Å². The summed E-state index contributed by atoms with van der Waals surface area (Å²) >= 11 is 1.58. The van der Waals surface area contributed by atoms with Crippen molar-refractivity contribution >= 4 is 27.9 Å². The van der Waals surface area contributed by atoms with Gasteiger partial charge in [-0.25, -0.2) is 4.98 Å². The van der Waals surface area contributed by atoms with Crippen molar-refractivity contribution in [1.29, 1.82) is 0 Å². The number of carbonyl (C=O) groups is 1. The predicted molar refractivity (Wildman–Crippen MR) is 98.3 cm³/mol. The summed E-state index contributed by atoms with van der Waals surface area (Å²) in [5, 5.41) is 10.6. The Labute approximate surface area is 153 Å². The lowest BCUT2D eigenvalue weighted by molar-refractivity contribution is -0.131. The number of likely N-dealkylation sites (tertiary alicyclic amines) is 1. The molecule has 0 atom stereocenters. The Kier molecular flexibility index (Phi) is 3.70. The topological polar surface area (TPSA) is 67.8 Å². The van der Waals surface area contributed by atoms with Crippen LogP contribution in [0.25, 0.3) is 10.6 Å². The standard InChI is InChI=1S/C18H18N6OS/c25-16(11-14-12-23-9-10-26-18(23)19-14)22-7-4-13(5-8-22)17-21-20-15-3-1-2-6-24(15)17/h1-3,6,9-10,12-13H,4-5,7-8,11H2. The smallest absolute Gasteiger partial charge is 0.228 e. The zero-order valence-corrected chi connectivity index (χ0v) is 15.0. The second-order valence-corrected chi connectivity index (χ2v) is 7.52. The minimum atomic E-state index is 0.153. The van der Waals surface area contributed by atoms with E-state index >= 15 is 0 Å². The molecule has 0 unspecified atom stereocenters. The average molecular weight is 366 g/mol. The highest BCUT2D eigenvalue weighted by Gasteiger charge is 2.27. The Morgan fingerprint density at radius 2 is 2.08 bits per heavy atom. The number of imidazole rings is 1. The van der Waals surface area contributed by atoms with E-state index in [0.29, 0.717) is 12.3 Å². The molecular weight excluding hydrogens is 348 g/mol. The van der Waals surface area contributed by atoms with E-state index in [1.807, 2.05) is 51.5 Å². The molecule has 0 aromatic carbocycles. The van der Waals surface area contributed by atoms with Gasteiger partial charge in [-0.2, -0.15) is 0 Å². The molecule has 4 aromatic heterocycles. The maximum Gasteiger partial charge on any atom is 0.228 e. The van der Waals surface area contributed by atoms with Crippen LogP contribution in [0.3, 0.4) is 0 Å². The molecule has 1 aliphatic rings. The van der Waals surface area contributed by atoms with Crippen LogP contribution in [0.2, 0.25) is 0 Å². The number of pyridine rings is 1. The monoisotopic (exact) mass is 366 g/mol. The van der Waals surface area contributed by atoms with E-state index in [1.165, 1.54) is 0 Å². The molecule has 0 saturated carbocycles. The van der Waals surface area contributed by atoms with Gasteiger partial charge in [-0.15, -0.1) is 21.5 Å². The summed E-state index contributed by atoms with van der Waals surface area (Å²) in [5.41, 5.74) is 1.72. The molecule has 1 fully saturated rings. The van der Waals surface area contributed by atoms with Crippen molar-refractivity contribution in [2.75, 3.05) is 13.1 Å². The van der Waals surface area contributed by atoms with Crippen molar-refractivity contribution < 1.29 is 4.79 Å². The lowest BCUT2D eigenvalue weighted by atomic mass is 9.95. The van der Waals surface area contributed by atoms with Crippen LogP contribution in [0, 0.1) is 0 Å². The zero-order chi connectivity index (χ0) is 17.5. The summed E-state index contributed by atoms with van der Waals surface area (Å²) in [7, 11) is 0. The summed E-state index contributed by atoms with van der Waals surface area (Å²) in [6.07, 6.45) is 8.12. The number of hydrogen-bond donors (Lipinski definition) is 0. The Balaban J connectivity index is 1.25. The Morgan fingerprint density at radius 1 is 1.19 bits per heavy atom. The quantitative estimate of drug-likeness (QED) is 0.558. The molecule has 8 heteroatoms. The lowest BCUT2D eigenvalue weighted by Crippen LogP contribution is -2.39. The number of fused-ring (bicyclic) bond motifs is 2. The molecule has 0 spiro atoms. The minimum Gasteiger partial charge on any atom is -0.342 e. The van der Waals surface area contributed by atoms with Gasteiger partial charge < -0.3 is 4.90 Å². The number of thiazole rings is 1. The maximum atomic E-state index is 12.6. The molecule has 1 saturated heterocycles. The van der Waals surface area contributed by atoms with E-state index in [9.17, 15) is 4.79 Å². The molecule has 1 aliphatic heterocycles. The molecule has 4 aromatic rings. The second kappa shape index (κ2) is 6.21. The van der Waals surface area contributed by atoms with Gasteiger partial charge in [0, 0.05) is 43.0 Å². The number of rotatable bonds is 3. The van der Waals surface area contributed by atoms with Gasteiger partial charge in [-0.3, -0.25) is 13.6 Å². The number of amides is 1. The summed E-state index contributed by atoms with van der Waals surface area (Å²) < 4.78 is 4.02. The van der Waals surface area contributed by atoms with Gasteiger partial charge in [0.25, 0.3) is 0 Å². The molecule has 7 nitrogen and oxygen atoms in total. The number of piperidine rings is 1. The third kappa shape index (κ3) is 2.66. The number of aromatic nitrogens is 5. The summed E-state index contributed by atoms with van der Waals surface area (Å²) in [5.74, 6) is 1.50. The highest BCUT2D eigenvalue weighted by atomic mass is 32.1. The van der Waals surface area contributed by atoms with Crippen molar-refractivity contribution in [2.24, 2.45) is 0 Å². The fourth-order valence-corrected chi connectivity index (χ4v) is 4.37. The van der Waals surface area contributed by atoms with Gasteiger partial charge in [0.1, 0.15) is 5.82 Å². The Hall–Kier alpha value is -2.74. The Bertz CT molecular complexity index is 1040. The SMILES string of the molecule is O=C(Cc1cn2ccsc2n1)N1CCC(c2nnc3ccccn23)CC1. The molecular formula is C18H18N6OS. The largest absolute Gasteiger partial charge is 0.342 e.